The van der Waals surface area contributed by atoms with Gasteiger partial charge in [0.1, 0.15) is 0 Å². The van der Waals surface area contributed by atoms with E-state index in [0.29, 0.717) is 12.1 Å². The lowest BCUT2D eigenvalue weighted by Crippen LogP contribution is -2.20. The van der Waals surface area contributed by atoms with Crippen molar-refractivity contribution in [1.29, 1.82) is 0 Å². The summed E-state index contributed by atoms with van der Waals surface area (Å²) in [7, 11) is -3.65. The Morgan fingerprint density at radius 1 is 1.09 bits per heavy atom. The summed E-state index contributed by atoms with van der Waals surface area (Å²) in [5.41, 5.74) is 2.58. The summed E-state index contributed by atoms with van der Waals surface area (Å²) >= 11 is 3.37. The van der Waals surface area contributed by atoms with Crippen molar-refractivity contribution in [3.05, 3.63) is 64.1 Å². The largest absolute Gasteiger partial charge is 0.276 e. The van der Waals surface area contributed by atoms with E-state index in [2.05, 4.69) is 25.9 Å². The van der Waals surface area contributed by atoms with E-state index in [1.165, 1.54) is 0 Å². The average molecular weight is 381 g/mol. The molecule has 0 radical (unpaired) electrons. The van der Waals surface area contributed by atoms with Gasteiger partial charge in [0.2, 0.25) is 0 Å². The summed E-state index contributed by atoms with van der Waals surface area (Å²) in [5, 5.41) is 4.08. The second-order valence-electron chi connectivity index (χ2n) is 4.83. The fraction of sp³-hybridized carbons (Fsp3) is 0.188. The second kappa shape index (κ2) is 7.07. The first-order valence-electron chi connectivity index (χ1n) is 6.83. The van der Waals surface area contributed by atoms with Gasteiger partial charge in [0.15, 0.2) is 0 Å². The number of sulfonamides is 1. The van der Waals surface area contributed by atoms with Crippen LogP contribution < -0.4 is 4.83 Å². The van der Waals surface area contributed by atoms with Crippen molar-refractivity contribution in [1.82, 2.24) is 4.83 Å². The number of aryl methyl sites for hydroxylation is 1. The molecule has 0 aliphatic carbocycles. The van der Waals surface area contributed by atoms with Gasteiger partial charge >= 0.3 is 0 Å². The number of benzene rings is 2. The summed E-state index contributed by atoms with van der Waals surface area (Å²) in [6.07, 6.45) is 0.623. The Morgan fingerprint density at radius 3 is 2.23 bits per heavy atom. The minimum absolute atomic E-state index is 0.202. The van der Waals surface area contributed by atoms with Crippen molar-refractivity contribution in [2.75, 3.05) is 0 Å². The van der Waals surface area contributed by atoms with Crippen LogP contribution in [0.3, 0.4) is 0 Å². The lowest BCUT2D eigenvalue weighted by Gasteiger charge is -2.07. The van der Waals surface area contributed by atoms with Gasteiger partial charge < -0.3 is 0 Å². The van der Waals surface area contributed by atoms with Gasteiger partial charge in [-0.25, -0.2) is 0 Å². The van der Waals surface area contributed by atoms with E-state index in [4.69, 9.17) is 0 Å². The van der Waals surface area contributed by atoms with E-state index in [-0.39, 0.29) is 4.90 Å². The molecular weight excluding hydrogens is 364 g/mol. The highest BCUT2D eigenvalue weighted by Gasteiger charge is 2.13. The molecule has 2 aromatic rings. The molecule has 0 saturated heterocycles. The maximum absolute atomic E-state index is 12.2. The van der Waals surface area contributed by atoms with E-state index in [9.17, 15) is 8.42 Å². The van der Waals surface area contributed by atoms with Crippen LogP contribution >= 0.6 is 15.9 Å². The first kappa shape index (κ1) is 16.7. The molecule has 0 amide bonds. The van der Waals surface area contributed by atoms with Crippen molar-refractivity contribution in [2.45, 2.75) is 25.2 Å². The number of nitrogens with zero attached hydrogens (tertiary/aromatic N) is 1. The molecule has 0 atom stereocenters. The van der Waals surface area contributed by atoms with Crippen LogP contribution in [0, 0.1) is 6.92 Å². The Hall–Kier alpha value is -1.66. The van der Waals surface area contributed by atoms with E-state index < -0.39 is 10.0 Å². The minimum atomic E-state index is -3.65. The molecule has 0 fully saturated rings. The van der Waals surface area contributed by atoms with Gasteiger partial charge in [0.25, 0.3) is 10.0 Å². The van der Waals surface area contributed by atoms with E-state index in [1.54, 1.807) is 24.3 Å². The number of hydrogen-bond acceptors (Lipinski definition) is 3. The number of hydrogen-bond donors (Lipinski definition) is 1. The smallest absolute Gasteiger partial charge is 0.200 e. The maximum Gasteiger partial charge on any atom is 0.276 e. The monoisotopic (exact) mass is 380 g/mol. The zero-order valence-corrected chi connectivity index (χ0v) is 14.8. The van der Waals surface area contributed by atoms with Gasteiger partial charge in [-0.3, -0.25) is 0 Å². The van der Waals surface area contributed by atoms with Gasteiger partial charge in [-0.15, -0.1) is 0 Å². The van der Waals surface area contributed by atoms with E-state index in [0.717, 1.165) is 15.6 Å². The highest BCUT2D eigenvalue weighted by Crippen LogP contribution is 2.13. The Kier molecular flexibility index (Phi) is 5.37. The van der Waals surface area contributed by atoms with Crippen molar-refractivity contribution < 1.29 is 8.42 Å². The molecule has 6 heteroatoms. The summed E-state index contributed by atoms with van der Waals surface area (Å²) in [5.74, 6) is 0. The third-order valence-corrected chi connectivity index (χ3v) is 4.90. The SMILES string of the molecule is CC/C(=N\NS(=O)(=O)c1ccc(C)cc1)c1ccc(Br)cc1. The maximum atomic E-state index is 12.2. The van der Waals surface area contributed by atoms with E-state index >= 15 is 0 Å². The number of rotatable bonds is 5. The fourth-order valence-electron chi connectivity index (χ4n) is 1.88. The van der Waals surface area contributed by atoms with Gasteiger partial charge in [-0.2, -0.15) is 18.4 Å². The summed E-state index contributed by atoms with van der Waals surface area (Å²) in [4.78, 5) is 2.51. The summed E-state index contributed by atoms with van der Waals surface area (Å²) < 4.78 is 25.4. The van der Waals surface area contributed by atoms with Crippen molar-refractivity contribution in [3.63, 3.8) is 0 Å². The summed E-state index contributed by atoms with van der Waals surface area (Å²) in [6.45, 7) is 3.84. The lowest BCUT2D eigenvalue weighted by atomic mass is 10.1. The molecule has 0 aliphatic heterocycles. The Bertz CT molecular complexity index is 767. The average Bonchev–Trinajstić information content (AvgIpc) is 2.50. The Labute approximate surface area is 139 Å². The molecule has 0 spiro atoms. The first-order chi connectivity index (χ1) is 10.4. The number of hydrazone groups is 1. The lowest BCUT2D eigenvalue weighted by molar-refractivity contribution is 0.584. The summed E-state index contributed by atoms with van der Waals surface area (Å²) in [6, 6.07) is 14.2. The molecule has 0 aliphatic rings. The van der Waals surface area contributed by atoms with Gasteiger partial charge in [-0.05, 0) is 43.2 Å². The molecule has 2 rings (SSSR count). The zero-order chi connectivity index (χ0) is 16.2. The van der Waals surface area contributed by atoms with Crippen LogP contribution in [0.2, 0.25) is 0 Å². The predicted octanol–water partition coefficient (Wildman–Crippen LogP) is 3.85. The normalized spacial score (nSPS) is 12.2. The van der Waals surface area contributed by atoms with Gasteiger partial charge in [-0.1, -0.05) is 52.7 Å². The minimum Gasteiger partial charge on any atom is -0.200 e. The fourth-order valence-corrected chi connectivity index (χ4v) is 2.97. The highest BCUT2D eigenvalue weighted by atomic mass is 79.9. The molecular formula is C16H17BrN2O2S. The van der Waals surface area contributed by atoms with Crippen LogP contribution in [0.4, 0.5) is 0 Å². The Morgan fingerprint density at radius 2 is 1.68 bits per heavy atom. The topological polar surface area (TPSA) is 58.5 Å². The predicted molar refractivity (Wildman–Crippen MR) is 92.5 cm³/mol. The number of halogens is 1. The van der Waals surface area contributed by atoms with Crippen LogP contribution in [0.25, 0.3) is 0 Å². The van der Waals surface area contributed by atoms with Crippen molar-refractivity contribution in [2.24, 2.45) is 5.10 Å². The number of nitrogens with one attached hydrogen (secondary N) is 1. The third-order valence-electron chi connectivity index (χ3n) is 3.14. The highest BCUT2D eigenvalue weighted by molar-refractivity contribution is 9.10. The van der Waals surface area contributed by atoms with Crippen molar-refractivity contribution in [3.8, 4) is 0 Å². The van der Waals surface area contributed by atoms with Crippen LogP contribution in [-0.4, -0.2) is 14.1 Å². The van der Waals surface area contributed by atoms with E-state index in [1.807, 2.05) is 38.1 Å². The molecule has 2 aromatic carbocycles. The third kappa shape index (κ3) is 4.18. The molecule has 0 aromatic heterocycles. The Balaban J connectivity index is 2.24. The molecule has 22 heavy (non-hydrogen) atoms. The van der Waals surface area contributed by atoms with Gasteiger partial charge in [0.05, 0.1) is 10.6 Å². The molecule has 0 heterocycles. The molecule has 116 valence electrons. The first-order valence-corrected chi connectivity index (χ1v) is 9.11. The molecule has 1 N–H and O–H groups in total. The second-order valence-corrected chi connectivity index (χ2v) is 7.40. The van der Waals surface area contributed by atoms with Gasteiger partial charge in [0, 0.05) is 4.47 Å². The van der Waals surface area contributed by atoms with Crippen LogP contribution in [0.15, 0.2) is 63.0 Å². The van der Waals surface area contributed by atoms with Crippen molar-refractivity contribution >= 4 is 31.7 Å². The molecule has 0 saturated carbocycles. The molecule has 0 unspecified atom stereocenters. The molecule has 4 nitrogen and oxygen atoms in total. The standard InChI is InChI=1S/C16H17BrN2O2S/c1-3-16(13-6-8-14(17)9-7-13)18-19-22(20,21)15-10-4-12(2)5-11-15/h4-11,19H,3H2,1-2H3/b18-16+. The molecule has 0 bridgehead atoms. The quantitative estimate of drug-likeness (QED) is 0.632. The van der Waals surface area contributed by atoms with Crippen LogP contribution in [0.5, 0.6) is 0 Å². The van der Waals surface area contributed by atoms with Crippen LogP contribution in [-0.2, 0) is 10.0 Å². The zero-order valence-electron chi connectivity index (χ0n) is 12.4. The van der Waals surface area contributed by atoms with Crippen LogP contribution in [0.1, 0.15) is 24.5 Å².